The van der Waals surface area contributed by atoms with E-state index >= 15 is 0 Å². The fourth-order valence-corrected chi connectivity index (χ4v) is 6.55. The molecule has 0 heterocycles. The molecule has 1 aliphatic rings. The predicted octanol–water partition coefficient (Wildman–Crippen LogP) is 6.19. The number of rotatable bonds is 10. The van der Waals surface area contributed by atoms with Crippen LogP contribution in [0.2, 0.25) is 10.0 Å². The van der Waals surface area contributed by atoms with E-state index in [1.165, 1.54) is 59.5 Å². The highest BCUT2D eigenvalue weighted by atomic mass is 35.5. The number of nitrogens with zero attached hydrogens (tertiary/aromatic N) is 2. The summed E-state index contributed by atoms with van der Waals surface area (Å²) >= 11 is 12.3. The van der Waals surface area contributed by atoms with Crippen LogP contribution in [0.5, 0.6) is 0 Å². The summed E-state index contributed by atoms with van der Waals surface area (Å²) in [5.74, 6) is -1.39. The molecule has 0 aliphatic heterocycles. The van der Waals surface area contributed by atoms with Crippen molar-refractivity contribution in [2.75, 3.05) is 10.8 Å². The van der Waals surface area contributed by atoms with E-state index in [-0.39, 0.29) is 39.1 Å². The molecule has 0 aromatic heterocycles. The number of benzene rings is 3. The number of carbonyl (C=O) groups excluding carboxylic acids is 2. The summed E-state index contributed by atoms with van der Waals surface area (Å²) in [6.07, 6.45) is 4.90. The van der Waals surface area contributed by atoms with Crippen molar-refractivity contribution in [1.29, 1.82) is 0 Å². The van der Waals surface area contributed by atoms with E-state index in [0.717, 1.165) is 36.4 Å². The van der Waals surface area contributed by atoms with Crippen molar-refractivity contribution in [1.82, 2.24) is 10.2 Å². The van der Waals surface area contributed by atoms with Crippen molar-refractivity contribution in [2.24, 2.45) is 0 Å². The van der Waals surface area contributed by atoms with Crippen LogP contribution in [0.3, 0.4) is 0 Å². The molecule has 0 spiro atoms. The molecule has 41 heavy (non-hydrogen) atoms. The Morgan fingerprint density at radius 2 is 1.61 bits per heavy atom. The molecule has 4 rings (SSSR count). The first-order chi connectivity index (χ1) is 19.6. The van der Waals surface area contributed by atoms with Crippen LogP contribution in [0.4, 0.5) is 10.1 Å². The largest absolute Gasteiger partial charge is 0.352 e. The lowest BCUT2D eigenvalue weighted by atomic mass is 9.95. The van der Waals surface area contributed by atoms with Gasteiger partial charge >= 0.3 is 0 Å². The fraction of sp³-hybridized carbons (Fsp3) is 0.333. The number of hydrogen-bond donors (Lipinski definition) is 1. The van der Waals surface area contributed by atoms with Crippen LogP contribution < -0.4 is 9.62 Å². The van der Waals surface area contributed by atoms with Gasteiger partial charge in [0.15, 0.2) is 0 Å². The molecule has 218 valence electrons. The molecule has 0 bridgehead atoms. The number of nitrogens with one attached hydrogen (secondary N) is 1. The van der Waals surface area contributed by atoms with Gasteiger partial charge in [-0.2, -0.15) is 0 Å². The third-order valence-corrected chi connectivity index (χ3v) is 9.71. The minimum atomic E-state index is -4.23. The van der Waals surface area contributed by atoms with E-state index < -0.39 is 34.3 Å². The molecule has 1 aliphatic carbocycles. The van der Waals surface area contributed by atoms with Crippen molar-refractivity contribution in [2.45, 2.75) is 62.6 Å². The number of anilines is 1. The fourth-order valence-electron chi connectivity index (χ4n) is 4.83. The van der Waals surface area contributed by atoms with E-state index in [1.54, 1.807) is 25.1 Å². The maximum atomic E-state index is 14.0. The van der Waals surface area contributed by atoms with Crippen LogP contribution in [0.1, 0.15) is 44.6 Å². The minimum Gasteiger partial charge on any atom is -0.352 e. The molecule has 11 heteroatoms. The highest BCUT2D eigenvalue weighted by Crippen LogP contribution is 2.31. The zero-order valence-electron chi connectivity index (χ0n) is 22.6. The lowest BCUT2D eigenvalue weighted by Gasteiger charge is -2.33. The zero-order chi connectivity index (χ0) is 29.6. The lowest BCUT2D eigenvalue weighted by molar-refractivity contribution is -0.139. The quantitative estimate of drug-likeness (QED) is 0.293. The Kier molecular flexibility index (Phi) is 10.3. The minimum absolute atomic E-state index is 0.0210. The topological polar surface area (TPSA) is 86.8 Å². The Labute approximate surface area is 250 Å². The molecule has 1 atom stereocenters. The third-order valence-electron chi connectivity index (χ3n) is 7.19. The van der Waals surface area contributed by atoms with Gasteiger partial charge < -0.3 is 10.2 Å². The van der Waals surface area contributed by atoms with Crippen LogP contribution in [0.25, 0.3) is 0 Å². The van der Waals surface area contributed by atoms with Gasteiger partial charge in [0.25, 0.3) is 10.0 Å². The SMILES string of the molecule is C[C@@H](C(=O)NC1CCCCC1)N(Cc1ccc(F)cc1)C(=O)CN(c1ccc(Cl)c(Cl)c1)S(=O)(=O)c1ccccc1. The number of halogens is 3. The van der Waals surface area contributed by atoms with E-state index in [9.17, 15) is 22.4 Å². The normalized spacial score (nSPS) is 14.7. The highest BCUT2D eigenvalue weighted by molar-refractivity contribution is 7.92. The number of amides is 2. The Morgan fingerprint density at radius 3 is 2.24 bits per heavy atom. The van der Waals surface area contributed by atoms with Crippen LogP contribution in [0, 0.1) is 5.82 Å². The van der Waals surface area contributed by atoms with Crippen molar-refractivity contribution >= 4 is 50.7 Å². The molecular weight excluding hydrogens is 588 g/mol. The molecular formula is C30H32Cl2FN3O4S. The lowest BCUT2D eigenvalue weighted by Crippen LogP contribution is -2.53. The second-order valence-corrected chi connectivity index (χ2v) is 12.8. The van der Waals surface area contributed by atoms with E-state index in [2.05, 4.69) is 5.32 Å². The van der Waals surface area contributed by atoms with Crippen LogP contribution in [0.15, 0.2) is 77.7 Å². The summed E-state index contributed by atoms with van der Waals surface area (Å²) in [6, 6.07) is 16.7. The Bertz CT molecular complexity index is 1470. The number of sulfonamides is 1. The second-order valence-electron chi connectivity index (χ2n) is 10.1. The van der Waals surface area contributed by atoms with Gasteiger partial charge in [0.2, 0.25) is 11.8 Å². The van der Waals surface area contributed by atoms with Crippen LogP contribution >= 0.6 is 23.2 Å². The third kappa shape index (κ3) is 7.78. The van der Waals surface area contributed by atoms with Gasteiger partial charge in [-0.25, -0.2) is 12.8 Å². The smallest absolute Gasteiger partial charge is 0.264 e. The van der Waals surface area contributed by atoms with Crippen molar-refractivity contribution in [3.8, 4) is 0 Å². The molecule has 2 amide bonds. The average Bonchev–Trinajstić information content (AvgIpc) is 2.97. The first-order valence-electron chi connectivity index (χ1n) is 13.4. The van der Waals surface area contributed by atoms with Gasteiger partial charge in [0.05, 0.1) is 20.6 Å². The molecule has 0 saturated heterocycles. The van der Waals surface area contributed by atoms with Crippen LogP contribution in [-0.4, -0.2) is 43.8 Å². The van der Waals surface area contributed by atoms with E-state index in [0.29, 0.717) is 5.56 Å². The van der Waals surface area contributed by atoms with Crippen molar-refractivity contribution < 1.29 is 22.4 Å². The Balaban J connectivity index is 1.68. The van der Waals surface area contributed by atoms with Gasteiger partial charge in [-0.1, -0.05) is 72.8 Å². The van der Waals surface area contributed by atoms with Crippen LogP contribution in [-0.2, 0) is 26.2 Å². The summed E-state index contributed by atoms with van der Waals surface area (Å²) in [5.41, 5.74) is 0.724. The molecule has 1 saturated carbocycles. The van der Waals surface area contributed by atoms with Gasteiger partial charge in [-0.15, -0.1) is 0 Å². The summed E-state index contributed by atoms with van der Waals surface area (Å²) in [7, 11) is -4.23. The summed E-state index contributed by atoms with van der Waals surface area (Å²) in [5, 5.41) is 3.39. The van der Waals surface area contributed by atoms with Gasteiger partial charge in [0, 0.05) is 12.6 Å². The van der Waals surface area contributed by atoms with E-state index in [1.807, 2.05) is 0 Å². The highest BCUT2D eigenvalue weighted by Gasteiger charge is 2.33. The molecule has 0 unspecified atom stereocenters. The first-order valence-corrected chi connectivity index (χ1v) is 15.6. The molecule has 3 aromatic rings. The number of hydrogen-bond acceptors (Lipinski definition) is 4. The summed E-state index contributed by atoms with van der Waals surface area (Å²) in [4.78, 5) is 28.6. The summed E-state index contributed by atoms with van der Waals surface area (Å²) < 4.78 is 42.2. The second kappa shape index (κ2) is 13.7. The van der Waals surface area contributed by atoms with E-state index in [4.69, 9.17) is 23.2 Å². The molecule has 1 fully saturated rings. The van der Waals surface area contributed by atoms with Crippen molar-refractivity contribution in [3.63, 3.8) is 0 Å². The zero-order valence-corrected chi connectivity index (χ0v) is 24.9. The van der Waals surface area contributed by atoms with Gasteiger partial charge in [-0.05, 0) is 67.8 Å². The number of carbonyl (C=O) groups is 2. The Morgan fingerprint density at radius 1 is 0.951 bits per heavy atom. The standard InChI is InChI=1S/C30H32Cl2FN3O4S/c1-21(30(38)34-24-8-4-2-5-9-24)35(19-22-12-14-23(33)15-13-22)29(37)20-36(25-16-17-27(31)28(32)18-25)41(39,40)26-10-6-3-7-11-26/h3,6-7,10-18,21,24H,2,4-5,8-9,19-20H2,1H3,(H,34,38)/t21-/m0/s1. The Hall–Kier alpha value is -3.14. The summed E-state index contributed by atoms with van der Waals surface area (Å²) in [6.45, 7) is 0.963. The van der Waals surface area contributed by atoms with Gasteiger partial charge in [0.1, 0.15) is 18.4 Å². The maximum absolute atomic E-state index is 14.0. The molecule has 0 radical (unpaired) electrons. The maximum Gasteiger partial charge on any atom is 0.264 e. The predicted molar refractivity (Wildman–Crippen MR) is 159 cm³/mol. The monoisotopic (exact) mass is 619 g/mol. The molecule has 3 aromatic carbocycles. The van der Waals surface area contributed by atoms with Gasteiger partial charge in [-0.3, -0.25) is 13.9 Å². The molecule has 1 N–H and O–H groups in total. The average molecular weight is 621 g/mol. The van der Waals surface area contributed by atoms with Crippen molar-refractivity contribution in [3.05, 3.63) is 94.2 Å². The molecule has 7 nitrogen and oxygen atoms in total. The first kappa shape index (κ1) is 30.8.